The van der Waals surface area contributed by atoms with Crippen molar-refractivity contribution in [1.29, 1.82) is 0 Å². The van der Waals surface area contributed by atoms with E-state index in [0.717, 1.165) is 70.6 Å². The fraction of sp³-hybridized carbons (Fsp3) is 0.854. The van der Waals surface area contributed by atoms with E-state index in [4.69, 9.17) is 18.5 Å². The molecule has 0 aliphatic carbocycles. The van der Waals surface area contributed by atoms with Crippen molar-refractivity contribution in [3.05, 3.63) is 24.3 Å². The van der Waals surface area contributed by atoms with Crippen LogP contribution in [0.25, 0.3) is 0 Å². The Kier molecular flexibility index (Phi) is 36.2. The Morgan fingerprint density at radius 3 is 1.32 bits per heavy atom. The van der Waals surface area contributed by atoms with Crippen LogP contribution in [-0.2, 0) is 32.7 Å². The van der Waals surface area contributed by atoms with Gasteiger partial charge in [0.05, 0.1) is 13.2 Å². The molecule has 0 aliphatic heterocycles. The van der Waals surface area contributed by atoms with Gasteiger partial charge in [-0.05, 0) is 71.1 Å². The van der Waals surface area contributed by atoms with Gasteiger partial charge in [-0.25, -0.2) is 4.57 Å². The number of ether oxygens (including phenoxy) is 2. The monoisotopic (exact) mass is 729 g/mol. The van der Waals surface area contributed by atoms with Crippen LogP contribution in [0, 0.1) is 0 Å². The third kappa shape index (κ3) is 36.3. The molecule has 0 aromatic rings. The van der Waals surface area contributed by atoms with E-state index in [-0.39, 0.29) is 32.0 Å². The second-order valence-corrected chi connectivity index (χ2v) is 15.1. The molecule has 2 unspecified atom stereocenters. The number of phosphoric ester groups is 1. The van der Waals surface area contributed by atoms with Crippen LogP contribution in [-0.4, -0.2) is 42.8 Å². The largest absolute Gasteiger partial charge is 0.472 e. The molecule has 9 heteroatoms. The minimum atomic E-state index is -4.28. The fourth-order valence-corrected chi connectivity index (χ4v) is 6.43. The van der Waals surface area contributed by atoms with Crippen LogP contribution in [0.2, 0.25) is 0 Å². The zero-order valence-corrected chi connectivity index (χ0v) is 33.5. The molecule has 0 saturated carbocycles. The molecule has 0 heterocycles. The first-order valence-corrected chi connectivity index (χ1v) is 22.1. The van der Waals surface area contributed by atoms with E-state index >= 15 is 0 Å². The Labute approximate surface area is 307 Å². The van der Waals surface area contributed by atoms with Crippen LogP contribution in [0.1, 0.15) is 201 Å². The second-order valence-electron chi connectivity index (χ2n) is 13.6. The van der Waals surface area contributed by atoms with Crippen molar-refractivity contribution >= 4 is 19.8 Å². The summed E-state index contributed by atoms with van der Waals surface area (Å²) in [7, 11) is -4.28. The number of hydrogen-bond donors (Lipinski definition) is 1. The highest BCUT2D eigenvalue weighted by Gasteiger charge is 2.25. The van der Waals surface area contributed by atoms with Gasteiger partial charge in [0, 0.05) is 12.8 Å². The molecular weight excluding hydrogens is 651 g/mol. The normalized spacial score (nSPS) is 13.6. The fourth-order valence-electron chi connectivity index (χ4n) is 5.68. The van der Waals surface area contributed by atoms with E-state index in [0.29, 0.717) is 6.42 Å². The molecular formula is C41H77O8P. The van der Waals surface area contributed by atoms with Gasteiger partial charge in [0.15, 0.2) is 6.10 Å². The predicted octanol–water partition coefficient (Wildman–Crippen LogP) is 12.7. The highest BCUT2D eigenvalue weighted by atomic mass is 31.2. The number of hydrogen-bond acceptors (Lipinski definition) is 7. The van der Waals surface area contributed by atoms with Crippen molar-refractivity contribution in [3.8, 4) is 0 Å². The number of phosphoric acid groups is 1. The van der Waals surface area contributed by atoms with E-state index in [1.165, 1.54) is 89.9 Å². The summed E-state index contributed by atoms with van der Waals surface area (Å²) < 4.78 is 32.6. The maximum absolute atomic E-state index is 12.5. The maximum atomic E-state index is 12.5. The number of carbonyl (C=O) groups is 2. The van der Waals surface area contributed by atoms with Gasteiger partial charge >= 0.3 is 19.8 Å². The molecule has 1 N–H and O–H groups in total. The zero-order chi connectivity index (χ0) is 36.8. The third-order valence-electron chi connectivity index (χ3n) is 8.73. The van der Waals surface area contributed by atoms with Gasteiger partial charge in [-0.1, -0.05) is 141 Å². The summed E-state index contributed by atoms with van der Waals surface area (Å²) >= 11 is 0. The molecule has 294 valence electrons. The minimum Gasteiger partial charge on any atom is -0.462 e. The van der Waals surface area contributed by atoms with E-state index in [1.54, 1.807) is 6.92 Å². The lowest BCUT2D eigenvalue weighted by atomic mass is 10.1. The summed E-state index contributed by atoms with van der Waals surface area (Å²) in [4.78, 5) is 34.7. The smallest absolute Gasteiger partial charge is 0.462 e. The molecule has 50 heavy (non-hydrogen) atoms. The molecule has 0 radical (unpaired) electrons. The highest BCUT2D eigenvalue weighted by Crippen LogP contribution is 2.43. The van der Waals surface area contributed by atoms with Crippen molar-refractivity contribution < 1.29 is 37.6 Å². The molecule has 0 fully saturated rings. The minimum absolute atomic E-state index is 0.00134. The Hall–Kier alpha value is -1.47. The van der Waals surface area contributed by atoms with Crippen LogP contribution < -0.4 is 0 Å². The SMILES string of the molecule is CCCCCCCC/C=C/CCCCCCCC(=O)OCC(COP(=O)(O)OCC)OC(=O)CCCCCCC/C=C/CCCCCCCC. The molecule has 0 amide bonds. The van der Waals surface area contributed by atoms with Crippen molar-refractivity contribution in [2.24, 2.45) is 0 Å². The Morgan fingerprint density at radius 1 is 0.520 bits per heavy atom. The molecule has 0 aliphatic rings. The van der Waals surface area contributed by atoms with Crippen molar-refractivity contribution in [1.82, 2.24) is 0 Å². The van der Waals surface area contributed by atoms with Gasteiger partial charge in [0.1, 0.15) is 6.61 Å². The molecule has 0 bridgehead atoms. The van der Waals surface area contributed by atoms with E-state index in [9.17, 15) is 19.0 Å². The average molecular weight is 729 g/mol. The first-order valence-electron chi connectivity index (χ1n) is 20.6. The van der Waals surface area contributed by atoms with Gasteiger partial charge in [0.2, 0.25) is 0 Å². The number of unbranched alkanes of at least 4 members (excludes halogenated alkanes) is 22. The Balaban J connectivity index is 4.13. The zero-order valence-electron chi connectivity index (χ0n) is 32.6. The van der Waals surface area contributed by atoms with Crippen LogP contribution in [0.15, 0.2) is 24.3 Å². The van der Waals surface area contributed by atoms with Crippen molar-refractivity contribution in [2.75, 3.05) is 19.8 Å². The second kappa shape index (κ2) is 37.3. The highest BCUT2D eigenvalue weighted by molar-refractivity contribution is 7.47. The van der Waals surface area contributed by atoms with Crippen LogP contribution >= 0.6 is 7.82 Å². The molecule has 0 saturated heterocycles. The lowest BCUT2D eigenvalue weighted by Crippen LogP contribution is -2.29. The molecule has 8 nitrogen and oxygen atoms in total. The summed E-state index contributed by atoms with van der Waals surface area (Å²) in [5.74, 6) is -0.813. The molecule has 0 aromatic carbocycles. The Bertz CT molecular complexity index is 875. The number of esters is 2. The Morgan fingerprint density at radius 2 is 0.900 bits per heavy atom. The molecule has 2 atom stereocenters. The van der Waals surface area contributed by atoms with Gasteiger partial charge in [0.25, 0.3) is 0 Å². The molecule has 0 spiro atoms. The van der Waals surface area contributed by atoms with Crippen molar-refractivity contribution in [3.63, 3.8) is 0 Å². The standard InChI is InChI=1S/C41H77O8P/c1-4-7-9-11-13-15-17-19-21-23-25-27-29-31-33-35-40(42)46-37-39(38-48-50(44,45)47-6-3)49-41(43)36-34-32-30-28-26-24-22-20-18-16-14-12-10-8-5-2/h19-22,39H,4-18,23-38H2,1-3H3,(H,44,45)/b21-19+,22-20+. The predicted molar refractivity (Wildman–Crippen MR) is 207 cm³/mol. The van der Waals surface area contributed by atoms with Gasteiger partial charge in [-0.3, -0.25) is 18.6 Å². The number of rotatable bonds is 38. The van der Waals surface area contributed by atoms with Crippen LogP contribution in [0.5, 0.6) is 0 Å². The lowest BCUT2D eigenvalue weighted by Gasteiger charge is -2.19. The summed E-state index contributed by atoms with van der Waals surface area (Å²) in [6.07, 6.45) is 39.4. The summed E-state index contributed by atoms with van der Waals surface area (Å²) in [6, 6.07) is 0. The first kappa shape index (κ1) is 48.5. The topological polar surface area (TPSA) is 108 Å². The molecule has 0 aromatic heterocycles. The number of allylic oxidation sites excluding steroid dienone is 4. The van der Waals surface area contributed by atoms with E-state index < -0.39 is 26.5 Å². The van der Waals surface area contributed by atoms with Gasteiger partial charge in [-0.15, -0.1) is 0 Å². The first-order chi connectivity index (χ1) is 24.3. The summed E-state index contributed by atoms with van der Waals surface area (Å²) in [5.41, 5.74) is 0. The van der Waals surface area contributed by atoms with E-state index in [2.05, 4.69) is 38.2 Å². The van der Waals surface area contributed by atoms with Crippen LogP contribution in [0.4, 0.5) is 0 Å². The summed E-state index contributed by atoms with van der Waals surface area (Å²) in [5, 5.41) is 0. The quantitative estimate of drug-likeness (QED) is 0.0290. The van der Waals surface area contributed by atoms with Gasteiger partial charge in [-0.2, -0.15) is 0 Å². The lowest BCUT2D eigenvalue weighted by molar-refractivity contribution is -0.161. The summed E-state index contributed by atoms with van der Waals surface area (Å²) in [6.45, 7) is 5.45. The van der Waals surface area contributed by atoms with Gasteiger partial charge < -0.3 is 14.4 Å². The molecule has 0 rings (SSSR count). The average Bonchev–Trinajstić information content (AvgIpc) is 3.09. The van der Waals surface area contributed by atoms with E-state index in [1.807, 2.05) is 0 Å². The van der Waals surface area contributed by atoms with Crippen molar-refractivity contribution in [2.45, 2.75) is 207 Å². The maximum Gasteiger partial charge on any atom is 0.472 e. The van der Waals surface area contributed by atoms with Crippen LogP contribution in [0.3, 0.4) is 0 Å². The third-order valence-corrected chi connectivity index (χ3v) is 9.79. The number of carbonyl (C=O) groups excluding carboxylic acids is 2.